The Bertz CT molecular complexity index is 553. The number of likely N-dealkylation sites (tertiary alicyclic amines) is 1. The Kier molecular flexibility index (Phi) is 6.63. The van der Waals surface area contributed by atoms with Crippen molar-refractivity contribution in [1.82, 2.24) is 29.9 Å². The predicted molar refractivity (Wildman–Crippen MR) is 97.7 cm³/mol. The molecular formula is C17H31N7O. The lowest BCUT2D eigenvalue weighted by molar-refractivity contribution is 0.0195. The molecule has 1 unspecified atom stereocenters. The molecule has 3 heterocycles. The van der Waals surface area contributed by atoms with Gasteiger partial charge in [-0.1, -0.05) is 6.92 Å². The molecule has 1 aromatic rings. The Hall–Kier alpha value is -1.67. The van der Waals surface area contributed by atoms with Gasteiger partial charge in [-0.3, -0.25) is 9.89 Å². The molecule has 2 saturated heterocycles. The van der Waals surface area contributed by atoms with E-state index in [0.717, 1.165) is 77.2 Å². The quantitative estimate of drug-likeness (QED) is 0.585. The molecule has 8 nitrogen and oxygen atoms in total. The van der Waals surface area contributed by atoms with Gasteiger partial charge in [-0.05, 0) is 13.3 Å². The first kappa shape index (κ1) is 18.1. The highest BCUT2D eigenvalue weighted by Gasteiger charge is 2.30. The molecule has 0 aromatic carbocycles. The molecule has 1 N–H and O–H groups in total. The summed E-state index contributed by atoms with van der Waals surface area (Å²) < 4.78 is 7.57. The summed E-state index contributed by atoms with van der Waals surface area (Å²) in [5, 5.41) is 11.6. The van der Waals surface area contributed by atoms with Crippen molar-refractivity contribution >= 4 is 5.96 Å². The minimum absolute atomic E-state index is 0.622. The summed E-state index contributed by atoms with van der Waals surface area (Å²) in [6.45, 7) is 12.7. The maximum Gasteiger partial charge on any atom is 0.194 e. The van der Waals surface area contributed by atoms with E-state index >= 15 is 0 Å². The van der Waals surface area contributed by atoms with E-state index in [2.05, 4.69) is 43.7 Å². The fraction of sp³-hybridized carbons (Fsp3) is 0.824. The number of nitrogens with one attached hydrogen (secondary N) is 1. The molecule has 25 heavy (non-hydrogen) atoms. The normalized spacial score (nSPS) is 22.6. The predicted octanol–water partition coefficient (Wildman–Crippen LogP) is 0.213. The van der Waals surface area contributed by atoms with Crippen molar-refractivity contribution in [1.29, 1.82) is 0 Å². The van der Waals surface area contributed by atoms with Crippen LogP contribution in [0.2, 0.25) is 0 Å². The van der Waals surface area contributed by atoms with Crippen molar-refractivity contribution in [3.8, 4) is 0 Å². The summed E-state index contributed by atoms with van der Waals surface area (Å²) in [6.07, 6.45) is 3.90. The Balaban J connectivity index is 1.55. The number of aromatic nitrogens is 3. The number of hydrogen-bond donors (Lipinski definition) is 1. The van der Waals surface area contributed by atoms with Crippen LogP contribution >= 0.6 is 0 Å². The first-order chi connectivity index (χ1) is 12.3. The number of aryl methyl sites for hydroxylation is 1. The van der Waals surface area contributed by atoms with Crippen LogP contribution in [0.5, 0.6) is 0 Å². The van der Waals surface area contributed by atoms with Crippen molar-refractivity contribution in [3.63, 3.8) is 0 Å². The smallest absolute Gasteiger partial charge is 0.194 e. The van der Waals surface area contributed by atoms with Gasteiger partial charge in [0.25, 0.3) is 0 Å². The fourth-order valence-electron chi connectivity index (χ4n) is 3.60. The molecular weight excluding hydrogens is 318 g/mol. The Morgan fingerprint density at radius 3 is 2.92 bits per heavy atom. The lowest BCUT2D eigenvalue weighted by Crippen LogP contribution is -2.46. The summed E-state index contributed by atoms with van der Waals surface area (Å²) in [7, 11) is 0. The van der Waals surface area contributed by atoms with Gasteiger partial charge in [-0.2, -0.15) is 0 Å². The first-order valence-corrected chi connectivity index (χ1v) is 9.53. The van der Waals surface area contributed by atoms with Gasteiger partial charge in [0, 0.05) is 51.7 Å². The number of rotatable bonds is 6. The number of morpholine rings is 1. The standard InChI is InChI=1S/C17H31N7O/c1-3-16-21-20-14-24(16)8-6-19-17(18-4-2)23-7-5-15(13-23)22-9-11-25-12-10-22/h14-15H,3-13H2,1-2H3,(H,18,19). The molecule has 2 aliphatic heterocycles. The molecule has 2 fully saturated rings. The van der Waals surface area contributed by atoms with Gasteiger partial charge in [0.2, 0.25) is 0 Å². The molecule has 3 rings (SSSR count). The minimum atomic E-state index is 0.622. The van der Waals surface area contributed by atoms with E-state index in [1.807, 2.05) is 0 Å². The number of nitrogens with zero attached hydrogens (tertiary/aromatic N) is 6. The van der Waals surface area contributed by atoms with E-state index in [1.165, 1.54) is 6.42 Å². The van der Waals surface area contributed by atoms with Gasteiger partial charge >= 0.3 is 0 Å². The van der Waals surface area contributed by atoms with Crippen LogP contribution < -0.4 is 5.32 Å². The molecule has 0 aliphatic carbocycles. The summed E-state index contributed by atoms with van der Waals surface area (Å²) in [5.41, 5.74) is 0. The molecule has 1 aromatic heterocycles. The van der Waals surface area contributed by atoms with Crippen LogP contribution in [-0.4, -0.2) is 89.0 Å². The molecule has 0 amide bonds. The van der Waals surface area contributed by atoms with Crippen molar-refractivity contribution in [2.75, 3.05) is 52.5 Å². The largest absolute Gasteiger partial charge is 0.379 e. The molecule has 140 valence electrons. The van der Waals surface area contributed by atoms with E-state index in [1.54, 1.807) is 6.33 Å². The van der Waals surface area contributed by atoms with Crippen LogP contribution in [0.3, 0.4) is 0 Å². The van der Waals surface area contributed by atoms with E-state index in [9.17, 15) is 0 Å². The molecule has 1 atom stereocenters. The second kappa shape index (κ2) is 9.15. The summed E-state index contributed by atoms with van der Waals surface area (Å²) in [5.74, 6) is 2.05. The van der Waals surface area contributed by atoms with Gasteiger partial charge in [0.15, 0.2) is 5.96 Å². The zero-order chi connectivity index (χ0) is 17.5. The van der Waals surface area contributed by atoms with Crippen LogP contribution in [0.1, 0.15) is 26.1 Å². The average molecular weight is 349 g/mol. The van der Waals surface area contributed by atoms with E-state index in [0.29, 0.717) is 6.04 Å². The number of hydrogen-bond acceptors (Lipinski definition) is 5. The summed E-state index contributed by atoms with van der Waals surface area (Å²) in [4.78, 5) is 9.80. The number of ether oxygens (including phenoxy) is 1. The van der Waals surface area contributed by atoms with Crippen molar-refractivity contribution in [3.05, 3.63) is 12.2 Å². The van der Waals surface area contributed by atoms with Gasteiger partial charge in [0.05, 0.1) is 19.8 Å². The third-order valence-corrected chi connectivity index (χ3v) is 4.97. The topological polar surface area (TPSA) is 70.8 Å². The average Bonchev–Trinajstić information content (AvgIpc) is 3.31. The molecule has 0 radical (unpaired) electrons. The first-order valence-electron chi connectivity index (χ1n) is 9.53. The summed E-state index contributed by atoms with van der Waals surface area (Å²) >= 11 is 0. The Labute approximate surface area is 150 Å². The van der Waals surface area contributed by atoms with Gasteiger partial charge < -0.3 is 19.5 Å². The van der Waals surface area contributed by atoms with Crippen LogP contribution in [-0.2, 0) is 17.7 Å². The zero-order valence-electron chi connectivity index (χ0n) is 15.5. The second-order valence-electron chi connectivity index (χ2n) is 6.57. The molecule has 0 saturated carbocycles. The van der Waals surface area contributed by atoms with Crippen LogP contribution in [0.4, 0.5) is 0 Å². The van der Waals surface area contributed by atoms with Gasteiger partial charge in [-0.15, -0.1) is 10.2 Å². The number of aliphatic imine (C=N–C) groups is 1. The molecule has 0 spiro atoms. The lowest BCUT2D eigenvalue weighted by Gasteiger charge is -2.32. The number of guanidine groups is 1. The monoisotopic (exact) mass is 349 g/mol. The van der Waals surface area contributed by atoms with Crippen molar-refractivity contribution in [2.24, 2.45) is 4.99 Å². The van der Waals surface area contributed by atoms with Gasteiger partial charge in [-0.25, -0.2) is 0 Å². The summed E-state index contributed by atoms with van der Waals surface area (Å²) in [6, 6.07) is 0.622. The Morgan fingerprint density at radius 1 is 1.32 bits per heavy atom. The maximum atomic E-state index is 5.48. The lowest BCUT2D eigenvalue weighted by atomic mass is 10.2. The van der Waals surface area contributed by atoms with Crippen LogP contribution in [0, 0.1) is 0 Å². The zero-order valence-corrected chi connectivity index (χ0v) is 15.5. The van der Waals surface area contributed by atoms with E-state index < -0.39 is 0 Å². The van der Waals surface area contributed by atoms with E-state index in [-0.39, 0.29) is 0 Å². The fourth-order valence-corrected chi connectivity index (χ4v) is 3.60. The van der Waals surface area contributed by atoms with Gasteiger partial charge in [0.1, 0.15) is 12.2 Å². The maximum absolute atomic E-state index is 5.48. The third-order valence-electron chi connectivity index (χ3n) is 4.97. The highest BCUT2D eigenvalue weighted by Crippen LogP contribution is 2.17. The minimum Gasteiger partial charge on any atom is -0.379 e. The van der Waals surface area contributed by atoms with E-state index in [4.69, 9.17) is 9.73 Å². The van der Waals surface area contributed by atoms with Crippen LogP contribution in [0.15, 0.2) is 11.3 Å². The van der Waals surface area contributed by atoms with Crippen molar-refractivity contribution in [2.45, 2.75) is 39.3 Å². The molecule has 0 bridgehead atoms. The highest BCUT2D eigenvalue weighted by atomic mass is 16.5. The molecule has 2 aliphatic rings. The van der Waals surface area contributed by atoms with Crippen LogP contribution in [0.25, 0.3) is 0 Å². The second-order valence-corrected chi connectivity index (χ2v) is 6.57. The SMILES string of the molecule is CCNC(=NCCn1cnnc1CC)N1CCC(N2CCOCC2)C1. The third kappa shape index (κ3) is 4.70. The van der Waals surface area contributed by atoms with Crippen molar-refractivity contribution < 1.29 is 4.74 Å². The molecule has 8 heteroatoms. The Morgan fingerprint density at radius 2 is 2.16 bits per heavy atom. The highest BCUT2D eigenvalue weighted by molar-refractivity contribution is 5.80.